The van der Waals surface area contributed by atoms with Gasteiger partial charge in [-0.1, -0.05) is 13.8 Å². The largest absolute Gasteiger partial charge is 0.337 e. The van der Waals surface area contributed by atoms with Gasteiger partial charge in [0.15, 0.2) is 0 Å². The van der Waals surface area contributed by atoms with Crippen molar-refractivity contribution in [2.75, 3.05) is 26.2 Å². The Balaban J connectivity index is 1.92. The predicted molar refractivity (Wildman–Crippen MR) is 74.8 cm³/mol. The molecule has 0 radical (unpaired) electrons. The Morgan fingerprint density at radius 1 is 1.42 bits per heavy atom. The molecule has 5 heteroatoms. The minimum atomic E-state index is 0.262. The zero-order chi connectivity index (χ0) is 13.7. The normalized spacial score (nSPS) is 19.3. The lowest BCUT2D eigenvalue weighted by Crippen LogP contribution is -2.44. The van der Waals surface area contributed by atoms with Gasteiger partial charge < -0.3 is 4.90 Å². The summed E-state index contributed by atoms with van der Waals surface area (Å²) in [6.07, 6.45) is 5.95. The van der Waals surface area contributed by atoms with Crippen LogP contribution < -0.4 is 0 Å². The molecular weight excluding hydrogens is 240 g/mol. The summed E-state index contributed by atoms with van der Waals surface area (Å²) in [4.78, 5) is 16.6. The van der Waals surface area contributed by atoms with E-state index in [0.717, 1.165) is 39.0 Å². The second-order valence-electron chi connectivity index (χ2n) is 5.07. The molecule has 2 heterocycles. The highest BCUT2D eigenvalue weighted by molar-refractivity contribution is 5.78. The Kier molecular flexibility index (Phi) is 4.96. The van der Waals surface area contributed by atoms with Crippen LogP contribution in [-0.2, 0) is 11.3 Å². The van der Waals surface area contributed by atoms with Gasteiger partial charge in [-0.3, -0.25) is 14.4 Å². The van der Waals surface area contributed by atoms with Gasteiger partial charge in [0.05, 0.1) is 19.1 Å². The van der Waals surface area contributed by atoms with E-state index in [1.807, 2.05) is 21.8 Å². The van der Waals surface area contributed by atoms with E-state index in [4.69, 9.17) is 0 Å². The summed E-state index contributed by atoms with van der Waals surface area (Å²) >= 11 is 0. The van der Waals surface area contributed by atoms with Crippen molar-refractivity contribution in [3.8, 4) is 0 Å². The summed E-state index contributed by atoms with van der Waals surface area (Å²) in [5.41, 5.74) is 0. The van der Waals surface area contributed by atoms with Crippen molar-refractivity contribution in [2.24, 2.45) is 0 Å². The minimum Gasteiger partial charge on any atom is -0.337 e. The van der Waals surface area contributed by atoms with Crippen LogP contribution >= 0.6 is 0 Å². The van der Waals surface area contributed by atoms with Crippen LogP contribution in [0.25, 0.3) is 0 Å². The molecule has 106 valence electrons. The molecule has 5 nitrogen and oxygen atoms in total. The molecule has 1 atom stereocenters. The average molecular weight is 264 g/mol. The minimum absolute atomic E-state index is 0.262. The molecule has 1 saturated heterocycles. The van der Waals surface area contributed by atoms with Gasteiger partial charge in [0.25, 0.3) is 0 Å². The van der Waals surface area contributed by atoms with Gasteiger partial charge in [0.2, 0.25) is 5.91 Å². The Bertz CT molecular complexity index is 386. The maximum atomic E-state index is 12.4. The fourth-order valence-corrected chi connectivity index (χ4v) is 2.71. The highest BCUT2D eigenvalue weighted by Gasteiger charge is 2.29. The maximum Gasteiger partial charge on any atom is 0.237 e. The second kappa shape index (κ2) is 6.70. The zero-order valence-corrected chi connectivity index (χ0v) is 12.0. The number of likely N-dealkylation sites (tertiary alicyclic amines) is 1. The molecule has 0 aliphatic carbocycles. The number of amides is 1. The van der Waals surface area contributed by atoms with Crippen molar-refractivity contribution in [1.29, 1.82) is 0 Å². The van der Waals surface area contributed by atoms with Gasteiger partial charge in [0, 0.05) is 18.9 Å². The molecule has 0 aromatic carbocycles. The number of carbonyl (C=O) groups is 1. The molecular formula is C14H24N4O. The third-order valence-electron chi connectivity index (χ3n) is 3.91. The van der Waals surface area contributed by atoms with Gasteiger partial charge in [-0.15, -0.1) is 0 Å². The molecule has 1 aliphatic rings. The fourth-order valence-electron chi connectivity index (χ4n) is 2.71. The van der Waals surface area contributed by atoms with E-state index >= 15 is 0 Å². The van der Waals surface area contributed by atoms with Crippen LogP contribution in [0.3, 0.4) is 0 Å². The summed E-state index contributed by atoms with van der Waals surface area (Å²) in [6.45, 7) is 8.31. The van der Waals surface area contributed by atoms with Crippen molar-refractivity contribution >= 4 is 5.91 Å². The van der Waals surface area contributed by atoms with E-state index in [1.54, 1.807) is 6.20 Å². The van der Waals surface area contributed by atoms with Crippen LogP contribution in [0.1, 0.15) is 26.7 Å². The number of nitrogens with zero attached hydrogens (tertiary/aromatic N) is 4. The lowest BCUT2D eigenvalue weighted by Gasteiger charge is -2.27. The maximum absolute atomic E-state index is 12.4. The van der Waals surface area contributed by atoms with Crippen LogP contribution in [-0.4, -0.2) is 57.7 Å². The number of carbonyl (C=O) groups excluding carboxylic acids is 1. The van der Waals surface area contributed by atoms with E-state index in [2.05, 4.69) is 23.8 Å². The second-order valence-corrected chi connectivity index (χ2v) is 5.07. The van der Waals surface area contributed by atoms with Crippen LogP contribution in [0, 0.1) is 0 Å². The molecule has 0 N–H and O–H groups in total. The first-order chi connectivity index (χ1) is 9.24. The monoisotopic (exact) mass is 264 g/mol. The number of hydrogen-bond donors (Lipinski definition) is 0. The van der Waals surface area contributed by atoms with Crippen LogP contribution in [0.2, 0.25) is 0 Å². The Morgan fingerprint density at radius 3 is 2.84 bits per heavy atom. The van der Waals surface area contributed by atoms with Crippen LogP contribution in [0.4, 0.5) is 0 Å². The molecule has 0 bridgehead atoms. The van der Waals surface area contributed by atoms with E-state index in [0.29, 0.717) is 12.6 Å². The lowest BCUT2D eigenvalue weighted by atomic mass is 10.2. The first-order valence-electron chi connectivity index (χ1n) is 7.23. The molecule has 19 heavy (non-hydrogen) atoms. The summed E-state index contributed by atoms with van der Waals surface area (Å²) < 4.78 is 1.92. The molecule has 0 spiro atoms. The number of rotatable bonds is 6. The van der Waals surface area contributed by atoms with Gasteiger partial charge in [-0.05, 0) is 32.0 Å². The predicted octanol–water partition coefficient (Wildman–Crippen LogP) is 1.22. The SMILES string of the molecule is CCN(CC)CC(=O)N1CCCC1Cn1cccn1. The first kappa shape index (κ1) is 14.1. The Hall–Kier alpha value is -1.36. The molecule has 0 saturated carbocycles. The molecule has 1 fully saturated rings. The summed E-state index contributed by atoms with van der Waals surface area (Å²) in [6, 6.07) is 2.24. The van der Waals surface area contributed by atoms with E-state index in [1.165, 1.54) is 0 Å². The van der Waals surface area contributed by atoms with Crippen LogP contribution in [0.15, 0.2) is 18.5 Å². The number of hydrogen-bond acceptors (Lipinski definition) is 3. The quantitative estimate of drug-likeness (QED) is 0.775. The molecule has 1 aromatic rings. The van der Waals surface area contributed by atoms with Crippen molar-refractivity contribution < 1.29 is 4.79 Å². The van der Waals surface area contributed by atoms with Gasteiger partial charge in [0.1, 0.15) is 0 Å². The van der Waals surface area contributed by atoms with Crippen LogP contribution in [0.5, 0.6) is 0 Å². The standard InChI is InChI=1S/C14H24N4O/c1-3-16(4-2)12-14(19)18-10-5-7-13(18)11-17-9-6-8-15-17/h6,8-9,13H,3-5,7,10-12H2,1-2H3. The smallest absolute Gasteiger partial charge is 0.237 e. The van der Waals surface area contributed by atoms with Crippen molar-refractivity contribution in [1.82, 2.24) is 19.6 Å². The molecule has 1 aliphatic heterocycles. The van der Waals surface area contributed by atoms with E-state index in [9.17, 15) is 4.79 Å². The van der Waals surface area contributed by atoms with Gasteiger partial charge in [-0.2, -0.15) is 5.10 Å². The summed E-state index contributed by atoms with van der Waals surface area (Å²) in [7, 11) is 0. The third kappa shape index (κ3) is 3.56. The highest BCUT2D eigenvalue weighted by Crippen LogP contribution is 2.19. The molecule has 1 aromatic heterocycles. The Morgan fingerprint density at radius 2 is 2.21 bits per heavy atom. The lowest BCUT2D eigenvalue weighted by molar-refractivity contribution is -0.133. The molecule has 1 amide bonds. The topological polar surface area (TPSA) is 41.4 Å². The van der Waals surface area contributed by atoms with Crippen molar-refractivity contribution in [3.05, 3.63) is 18.5 Å². The fraction of sp³-hybridized carbons (Fsp3) is 0.714. The van der Waals surface area contributed by atoms with Crippen molar-refractivity contribution in [3.63, 3.8) is 0 Å². The number of aromatic nitrogens is 2. The summed E-state index contributed by atoms with van der Waals surface area (Å²) in [5.74, 6) is 0.262. The van der Waals surface area contributed by atoms with E-state index < -0.39 is 0 Å². The average Bonchev–Trinajstić information content (AvgIpc) is 3.07. The molecule has 1 unspecified atom stereocenters. The van der Waals surface area contributed by atoms with E-state index in [-0.39, 0.29) is 5.91 Å². The van der Waals surface area contributed by atoms with Gasteiger partial charge in [-0.25, -0.2) is 0 Å². The third-order valence-corrected chi connectivity index (χ3v) is 3.91. The molecule has 2 rings (SSSR count). The first-order valence-corrected chi connectivity index (χ1v) is 7.23. The zero-order valence-electron chi connectivity index (χ0n) is 12.0. The summed E-state index contributed by atoms with van der Waals surface area (Å²) in [5, 5.41) is 4.24. The van der Waals surface area contributed by atoms with Gasteiger partial charge >= 0.3 is 0 Å². The Labute approximate surface area is 115 Å². The van der Waals surface area contributed by atoms with Crippen molar-refractivity contribution in [2.45, 2.75) is 39.3 Å². The number of likely N-dealkylation sites (N-methyl/N-ethyl adjacent to an activating group) is 1. The highest BCUT2D eigenvalue weighted by atomic mass is 16.2.